The number of hydrogen-bond donors (Lipinski definition) is 1. The molecule has 1 atom stereocenters. The number of rotatable bonds is 9. The van der Waals surface area contributed by atoms with Crippen molar-refractivity contribution in [1.82, 2.24) is 14.8 Å². The van der Waals surface area contributed by atoms with E-state index in [0.29, 0.717) is 23.3 Å². The van der Waals surface area contributed by atoms with Gasteiger partial charge in [0.2, 0.25) is 11.1 Å². The van der Waals surface area contributed by atoms with E-state index in [-0.39, 0.29) is 5.97 Å². The summed E-state index contributed by atoms with van der Waals surface area (Å²) in [6.45, 7) is 4.36. The summed E-state index contributed by atoms with van der Waals surface area (Å²) >= 11 is 1.57. The average molecular weight is 461 g/mol. The van der Waals surface area contributed by atoms with E-state index in [1.54, 1.807) is 16.4 Å². The summed E-state index contributed by atoms with van der Waals surface area (Å²) in [5.74, 6) is 1.07. The van der Waals surface area contributed by atoms with Gasteiger partial charge in [-0.05, 0) is 24.5 Å². The van der Waals surface area contributed by atoms with Crippen LogP contribution in [-0.4, -0.2) is 27.3 Å². The highest BCUT2D eigenvalue weighted by atomic mass is 32.2. The molecule has 33 heavy (non-hydrogen) atoms. The molecular formula is C26H28N4O2S. The number of thioether (sulfide) groups is 1. The fourth-order valence-corrected chi connectivity index (χ4v) is 4.34. The van der Waals surface area contributed by atoms with Crippen molar-refractivity contribution in [2.45, 2.75) is 43.6 Å². The molecular weight excluding hydrogens is 432 g/mol. The number of ether oxygens (including phenoxy) is 1. The van der Waals surface area contributed by atoms with Crippen LogP contribution in [0.3, 0.4) is 0 Å². The highest BCUT2D eigenvalue weighted by molar-refractivity contribution is 7.98. The predicted octanol–water partition coefficient (Wildman–Crippen LogP) is 5.87. The van der Waals surface area contributed by atoms with Crippen molar-refractivity contribution in [3.8, 4) is 0 Å². The molecule has 0 fully saturated rings. The molecule has 1 aromatic heterocycles. The van der Waals surface area contributed by atoms with Crippen molar-refractivity contribution >= 4 is 29.8 Å². The molecule has 0 amide bonds. The highest BCUT2D eigenvalue weighted by Crippen LogP contribution is 2.34. The molecule has 3 aromatic rings. The van der Waals surface area contributed by atoms with E-state index in [2.05, 4.69) is 29.4 Å². The van der Waals surface area contributed by atoms with Crippen LogP contribution in [0.25, 0.3) is 6.08 Å². The van der Waals surface area contributed by atoms with Crippen LogP contribution in [0.1, 0.15) is 43.9 Å². The molecule has 1 N–H and O–H groups in total. The lowest BCUT2D eigenvalue weighted by atomic mass is 10.0. The quantitative estimate of drug-likeness (QED) is 0.245. The van der Waals surface area contributed by atoms with Crippen LogP contribution in [0.2, 0.25) is 0 Å². The molecule has 7 heteroatoms. The third kappa shape index (κ3) is 5.73. The van der Waals surface area contributed by atoms with E-state index in [1.165, 1.54) is 5.56 Å². The Bertz CT molecular complexity index is 1140. The predicted molar refractivity (Wildman–Crippen MR) is 133 cm³/mol. The number of carbonyl (C=O) groups is 1. The van der Waals surface area contributed by atoms with Gasteiger partial charge in [-0.3, -0.25) is 0 Å². The van der Waals surface area contributed by atoms with Crippen LogP contribution >= 0.6 is 11.8 Å². The van der Waals surface area contributed by atoms with Gasteiger partial charge in [-0.25, -0.2) is 9.48 Å². The second-order valence-electron chi connectivity index (χ2n) is 7.80. The maximum Gasteiger partial charge on any atom is 0.338 e. The average Bonchev–Trinajstić information content (AvgIpc) is 3.25. The molecule has 1 unspecified atom stereocenters. The molecule has 0 spiro atoms. The van der Waals surface area contributed by atoms with Gasteiger partial charge in [0.15, 0.2) is 0 Å². The molecule has 0 aliphatic carbocycles. The molecule has 0 radical (unpaired) electrons. The van der Waals surface area contributed by atoms with Crippen molar-refractivity contribution in [2.24, 2.45) is 0 Å². The molecule has 0 bridgehead atoms. The maximum absolute atomic E-state index is 13.0. The van der Waals surface area contributed by atoms with Gasteiger partial charge in [0.25, 0.3) is 0 Å². The Morgan fingerprint density at radius 3 is 2.61 bits per heavy atom. The van der Waals surface area contributed by atoms with Crippen LogP contribution < -0.4 is 5.32 Å². The van der Waals surface area contributed by atoms with Gasteiger partial charge in [-0.1, -0.05) is 97.9 Å². The summed E-state index contributed by atoms with van der Waals surface area (Å²) in [6.07, 6.45) is 5.80. The molecule has 4 rings (SSSR count). The van der Waals surface area contributed by atoms with E-state index in [9.17, 15) is 4.79 Å². The summed E-state index contributed by atoms with van der Waals surface area (Å²) in [5.41, 5.74) is 3.54. The first-order valence-corrected chi connectivity index (χ1v) is 12.2. The summed E-state index contributed by atoms with van der Waals surface area (Å²) in [6, 6.07) is 19.8. The number of unbranched alkanes of at least 4 members (excludes halogenated alkanes) is 1. The topological polar surface area (TPSA) is 69.0 Å². The maximum atomic E-state index is 13.0. The zero-order chi connectivity index (χ0) is 23.0. The van der Waals surface area contributed by atoms with Gasteiger partial charge in [-0.15, -0.1) is 5.10 Å². The second kappa shape index (κ2) is 11.0. The largest absolute Gasteiger partial charge is 0.462 e. The Hall–Kier alpha value is -3.32. The number of allylic oxidation sites excluding steroid dienone is 2. The summed E-state index contributed by atoms with van der Waals surface area (Å²) < 4.78 is 7.34. The second-order valence-corrected chi connectivity index (χ2v) is 8.75. The smallest absolute Gasteiger partial charge is 0.338 e. The fraction of sp³-hybridized carbons (Fsp3) is 0.269. The summed E-state index contributed by atoms with van der Waals surface area (Å²) in [5, 5.41) is 8.64. The molecule has 0 saturated heterocycles. The number of esters is 1. The standard InChI is InChI=1S/C26H28N4O2S/c1-3-4-17-32-24(31)23-19(2)27-25-28-26(33-18-21-13-9-6-10-14-21)29-30(25)22(23)16-15-20-11-7-5-8-12-20/h5-16,22H,3-4,17-18H2,1-2H3,(H,27,28,29)/b16-15+. The first kappa shape index (κ1) is 22.9. The summed E-state index contributed by atoms with van der Waals surface area (Å²) in [4.78, 5) is 17.7. The Balaban J connectivity index is 1.61. The molecule has 2 heterocycles. The monoisotopic (exact) mass is 460 g/mol. The number of carbonyl (C=O) groups excluding carboxylic acids is 1. The van der Waals surface area contributed by atoms with Crippen LogP contribution in [0.15, 0.2) is 83.2 Å². The van der Waals surface area contributed by atoms with Crippen LogP contribution in [0.5, 0.6) is 0 Å². The minimum absolute atomic E-state index is 0.323. The Morgan fingerprint density at radius 2 is 1.88 bits per heavy atom. The lowest BCUT2D eigenvalue weighted by Gasteiger charge is -2.25. The van der Waals surface area contributed by atoms with E-state index in [1.807, 2.05) is 67.6 Å². The van der Waals surface area contributed by atoms with Crippen LogP contribution in [-0.2, 0) is 15.3 Å². The van der Waals surface area contributed by atoms with Crippen molar-refractivity contribution in [1.29, 1.82) is 0 Å². The van der Waals surface area contributed by atoms with Gasteiger partial charge in [0, 0.05) is 11.4 Å². The first-order valence-electron chi connectivity index (χ1n) is 11.2. The number of benzene rings is 2. The van der Waals surface area contributed by atoms with E-state index in [4.69, 9.17) is 9.84 Å². The molecule has 170 valence electrons. The molecule has 2 aromatic carbocycles. The van der Waals surface area contributed by atoms with Crippen LogP contribution in [0.4, 0.5) is 5.95 Å². The van der Waals surface area contributed by atoms with E-state index in [0.717, 1.165) is 29.9 Å². The number of anilines is 1. The molecule has 1 aliphatic rings. The molecule has 0 saturated carbocycles. The Morgan fingerprint density at radius 1 is 1.15 bits per heavy atom. The third-order valence-corrected chi connectivity index (χ3v) is 6.22. The van der Waals surface area contributed by atoms with Gasteiger partial charge in [-0.2, -0.15) is 4.98 Å². The van der Waals surface area contributed by atoms with E-state index < -0.39 is 6.04 Å². The minimum atomic E-state index is -0.408. The normalized spacial score (nSPS) is 15.4. The zero-order valence-corrected chi connectivity index (χ0v) is 19.7. The van der Waals surface area contributed by atoms with Crippen molar-refractivity contribution < 1.29 is 9.53 Å². The fourth-order valence-electron chi connectivity index (χ4n) is 3.55. The SMILES string of the molecule is CCCCOC(=O)C1=C(C)Nc2nc(SCc3ccccc3)nn2C1/C=C/c1ccccc1. The number of nitrogens with one attached hydrogen (secondary N) is 1. The van der Waals surface area contributed by atoms with Gasteiger partial charge < -0.3 is 10.1 Å². The lowest BCUT2D eigenvalue weighted by Crippen LogP contribution is -2.28. The number of hydrogen-bond acceptors (Lipinski definition) is 6. The van der Waals surface area contributed by atoms with E-state index >= 15 is 0 Å². The number of nitrogens with zero attached hydrogens (tertiary/aromatic N) is 3. The van der Waals surface area contributed by atoms with Gasteiger partial charge >= 0.3 is 5.97 Å². The van der Waals surface area contributed by atoms with Gasteiger partial charge in [0.1, 0.15) is 6.04 Å². The van der Waals surface area contributed by atoms with Crippen molar-refractivity contribution in [2.75, 3.05) is 11.9 Å². The highest BCUT2D eigenvalue weighted by Gasteiger charge is 2.32. The third-order valence-electron chi connectivity index (χ3n) is 5.31. The Labute approximate surface area is 198 Å². The van der Waals surface area contributed by atoms with Crippen LogP contribution in [0, 0.1) is 0 Å². The minimum Gasteiger partial charge on any atom is -0.462 e. The van der Waals surface area contributed by atoms with Crippen molar-refractivity contribution in [3.63, 3.8) is 0 Å². The number of aromatic nitrogens is 3. The first-order chi connectivity index (χ1) is 16.2. The summed E-state index contributed by atoms with van der Waals surface area (Å²) in [7, 11) is 0. The lowest BCUT2D eigenvalue weighted by molar-refractivity contribution is -0.139. The molecule has 1 aliphatic heterocycles. The number of fused-ring (bicyclic) bond motifs is 1. The Kier molecular flexibility index (Phi) is 7.62. The van der Waals surface area contributed by atoms with Gasteiger partial charge in [0.05, 0.1) is 12.2 Å². The van der Waals surface area contributed by atoms with Crippen molar-refractivity contribution in [3.05, 3.63) is 89.1 Å². The zero-order valence-electron chi connectivity index (χ0n) is 18.9. The molecule has 6 nitrogen and oxygen atoms in total.